The van der Waals surface area contributed by atoms with Crippen LogP contribution in [-0.4, -0.2) is 18.7 Å². The van der Waals surface area contributed by atoms with E-state index in [4.69, 9.17) is 4.74 Å². The van der Waals surface area contributed by atoms with Crippen LogP contribution in [0.1, 0.15) is 45.6 Å². The average molecular weight is 273 g/mol. The van der Waals surface area contributed by atoms with Crippen molar-refractivity contribution in [3.05, 3.63) is 42.5 Å². The molecule has 0 fully saturated rings. The van der Waals surface area contributed by atoms with Crippen LogP contribution in [-0.2, 0) is 0 Å². The van der Waals surface area contributed by atoms with Crippen molar-refractivity contribution in [2.24, 2.45) is 5.41 Å². The van der Waals surface area contributed by atoms with Gasteiger partial charge in [0.15, 0.2) is 0 Å². The van der Waals surface area contributed by atoms with E-state index < -0.39 is 0 Å². The van der Waals surface area contributed by atoms with E-state index in [-0.39, 0.29) is 11.0 Å². The van der Waals surface area contributed by atoms with E-state index in [9.17, 15) is 0 Å². The van der Waals surface area contributed by atoms with Crippen molar-refractivity contribution in [1.29, 1.82) is 0 Å². The summed E-state index contributed by atoms with van der Waals surface area (Å²) in [5, 5.41) is 3.60. The van der Waals surface area contributed by atoms with Crippen LogP contribution >= 0.6 is 0 Å². The fourth-order valence-corrected chi connectivity index (χ4v) is 2.66. The Hall–Kier alpha value is -1.28. The van der Waals surface area contributed by atoms with Crippen LogP contribution in [0.3, 0.4) is 0 Å². The number of hydrogen-bond acceptors (Lipinski definition) is 2. The van der Waals surface area contributed by atoms with Crippen molar-refractivity contribution in [1.82, 2.24) is 5.32 Å². The highest BCUT2D eigenvalue weighted by atomic mass is 16.5. The summed E-state index contributed by atoms with van der Waals surface area (Å²) < 4.78 is 5.79. The minimum Gasteiger partial charge on any atom is -0.493 e. The summed E-state index contributed by atoms with van der Waals surface area (Å²) in [4.78, 5) is 0. The summed E-state index contributed by atoms with van der Waals surface area (Å²) in [7, 11) is 0. The quantitative estimate of drug-likeness (QED) is 0.814. The molecule has 2 rings (SSSR count). The second kappa shape index (κ2) is 5.61. The molecule has 2 unspecified atom stereocenters. The standard InChI is InChI=1S/C18H27NO/c1-6-18(5,13-19-17(2,3)4)11-14-12-20-16-10-8-7-9-15(14)16/h6-10,14,19H,1,11-13H2,2-5H3. The highest BCUT2D eigenvalue weighted by Crippen LogP contribution is 2.41. The summed E-state index contributed by atoms with van der Waals surface area (Å²) in [6.45, 7) is 14.7. The number of ether oxygens (including phenoxy) is 1. The van der Waals surface area contributed by atoms with Gasteiger partial charge in [0.25, 0.3) is 0 Å². The predicted octanol–water partition coefficient (Wildman–Crippen LogP) is 4.13. The lowest BCUT2D eigenvalue weighted by Gasteiger charge is -2.33. The van der Waals surface area contributed by atoms with Crippen LogP contribution in [0.4, 0.5) is 0 Å². The van der Waals surface area contributed by atoms with Gasteiger partial charge < -0.3 is 10.1 Å². The molecule has 0 saturated carbocycles. The van der Waals surface area contributed by atoms with Gasteiger partial charge in [-0.1, -0.05) is 31.2 Å². The molecule has 1 aliphatic rings. The third-order valence-corrected chi connectivity index (χ3v) is 4.03. The molecule has 2 atom stereocenters. The van der Waals surface area contributed by atoms with E-state index in [1.807, 2.05) is 6.07 Å². The maximum absolute atomic E-state index is 5.79. The van der Waals surface area contributed by atoms with Crippen LogP contribution in [0.15, 0.2) is 36.9 Å². The molecule has 1 aromatic carbocycles. The molecule has 1 aliphatic heterocycles. The Kier molecular flexibility index (Phi) is 4.24. The minimum absolute atomic E-state index is 0.0821. The molecule has 0 amide bonds. The molecule has 0 radical (unpaired) electrons. The maximum Gasteiger partial charge on any atom is 0.122 e. The lowest BCUT2D eigenvalue weighted by atomic mass is 9.78. The molecule has 2 nitrogen and oxygen atoms in total. The molecular formula is C18H27NO. The van der Waals surface area contributed by atoms with Gasteiger partial charge in [0.2, 0.25) is 0 Å². The molecule has 110 valence electrons. The van der Waals surface area contributed by atoms with Crippen LogP contribution in [0.5, 0.6) is 5.75 Å². The predicted molar refractivity (Wildman–Crippen MR) is 85.4 cm³/mol. The smallest absolute Gasteiger partial charge is 0.122 e. The molecule has 1 aromatic rings. The fourth-order valence-electron chi connectivity index (χ4n) is 2.66. The van der Waals surface area contributed by atoms with Gasteiger partial charge in [-0.15, -0.1) is 6.58 Å². The van der Waals surface area contributed by atoms with Gasteiger partial charge in [-0.25, -0.2) is 0 Å². The summed E-state index contributed by atoms with van der Waals surface area (Å²) in [5.74, 6) is 1.52. The number of hydrogen-bond donors (Lipinski definition) is 1. The topological polar surface area (TPSA) is 21.3 Å². The Balaban J connectivity index is 2.06. The molecule has 0 bridgehead atoms. The Labute approximate surface area is 123 Å². The van der Waals surface area contributed by atoms with E-state index in [0.29, 0.717) is 5.92 Å². The molecule has 20 heavy (non-hydrogen) atoms. The molecule has 0 spiro atoms. The zero-order valence-corrected chi connectivity index (χ0v) is 13.2. The third kappa shape index (κ3) is 3.63. The van der Waals surface area contributed by atoms with Crippen LogP contribution in [0.25, 0.3) is 0 Å². The molecule has 1 heterocycles. The number of rotatable bonds is 5. The summed E-state index contributed by atoms with van der Waals surface area (Å²) in [5.41, 5.74) is 1.56. The second-order valence-corrected chi connectivity index (χ2v) is 7.21. The van der Waals surface area contributed by atoms with Crippen molar-refractivity contribution in [3.63, 3.8) is 0 Å². The number of nitrogens with one attached hydrogen (secondary N) is 1. The van der Waals surface area contributed by atoms with Crippen LogP contribution in [0.2, 0.25) is 0 Å². The zero-order chi connectivity index (χ0) is 14.8. The Bertz CT molecular complexity index is 475. The third-order valence-electron chi connectivity index (χ3n) is 4.03. The normalized spacial score (nSPS) is 20.9. The Morgan fingerprint density at radius 1 is 1.30 bits per heavy atom. The SMILES string of the molecule is C=CC(C)(CNC(C)(C)C)CC1COc2ccccc21. The van der Waals surface area contributed by atoms with E-state index in [1.165, 1.54) is 5.56 Å². The van der Waals surface area contributed by atoms with Crippen molar-refractivity contribution in [3.8, 4) is 5.75 Å². The van der Waals surface area contributed by atoms with Crippen molar-refractivity contribution >= 4 is 0 Å². The molecule has 0 aromatic heterocycles. The van der Waals surface area contributed by atoms with Crippen molar-refractivity contribution in [2.75, 3.05) is 13.2 Å². The molecule has 2 heteroatoms. The van der Waals surface area contributed by atoms with Crippen molar-refractivity contribution in [2.45, 2.75) is 45.6 Å². The largest absolute Gasteiger partial charge is 0.493 e. The minimum atomic E-state index is 0.0821. The van der Waals surface area contributed by atoms with Crippen molar-refractivity contribution < 1.29 is 4.74 Å². The molecule has 0 aliphatic carbocycles. The van der Waals surface area contributed by atoms with Crippen LogP contribution in [0, 0.1) is 5.41 Å². The average Bonchev–Trinajstić information content (AvgIpc) is 2.79. The zero-order valence-electron chi connectivity index (χ0n) is 13.2. The van der Waals surface area contributed by atoms with Gasteiger partial charge in [0, 0.05) is 23.6 Å². The fraction of sp³-hybridized carbons (Fsp3) is 0.556. The summed E-state index contributed by atoms with van der Waals surface area (Å²) in [6.07, 6.45) is 3.16. The summed E-state index contributed by atoms with van der Waals surface area (Å²) in [6, 6.07) is 8.38. The van der Waals surface area contributed by atoms with Crippen LogP contribution < -0.4 is 10.1 Å². The molecule has 1 N–H and O–H groups in total. The lowest BCUT2D eigenvalue weighted by Crippen LogP contribution is -2.42. The van der Waals surface area contributed by atoms with Gasteiger partial charge in [0.1, 0.15) is 5.75 Å². The van der Waals surface area contributed by atoms with E-state index in [2.05, 4.69) is 63.9 Å². The first-order chi connectivity index (χ1) is 9.33. The number of fused-ring (bicyclic) bond motifs is 1. The summed E-state index contributed by atoms with van der Waals surface area (Å²) >= 11 is 0. The monoisotopic (exact) mass is 273 g/mol. The highest BCUT2D eigenvalue weighted by Gasteiger charge is 2.32. The number of para-hydroxylation sites is 1. The van der Waals surface area contributed by atoms with Gasteiger partial charge in [-0.2, -0.15) is 0 Å². The van der Waals surface area contributed by atoms with Gasteiger partial charge in [-0.3, -0.25) is 0 Å². The van der Waals surface area contributed by atoms with Gasteiger partial charge in [0.05, 0.1) is 6.61 Å². The molecular weight excluding hydrogens is 246 g/mol. The number of benzene rings is 1. The second-order valence-electron chi connectivity index (χ2n) is 7.21. The first-order valence-corrected chi connectivity index (χ1v) is 7.43. The first-order valence-electron chi connectivity index (χ1n) is 7.43. The van der Waals surface area contributed by atoms with Gasteiger partial charge in [-0.05, 0) is 38.7 Å². The Morgan fingerprint density at radius 3 is 2.65 bits per heavy atom. The lowest BCUT2D eigenvalue weighted by molar-refractivity contribution is 0.259. The first kappa shape index (κ1) is 15.1. The van der Waals surface area contributed by atoms with E-state index in [0.717, 1.165) is 25.3 Å². The Morgan fingerprint density at radius 2 is 2.00 bits per heavy atom. The van der Waals surface area contributed by atoms with E-state index >= 15 is 0 Å². The molecule has 0 saturated heterocycles. The van der Waals surface area contributed by atoms with Gasteiger partial charge >= 0.3 is 0 Å². The maximum atomic E-state index is 5.79. The highest BCUT2D eigenvalue weighted by molar-refractivity contribution is 5.39. The van der Waals surface area contributed by atoms with E-state index in [1.54, 1.807) is 0 Å².